The molecule has 0 unspecified atom stereocenters. The highest BCUT2D eigenvalue weighted by Gasteiger charge is 2.11. The summed E-state index contributed by atoms with van der Waals surface area (Å²) in [6.07, 6.45) is 0. The van der Waals surface area contributed by atoms with Crippen LogP contribution in [0.4, 0.5) is 5.69 Å². The smallest absolute Gasteiger partial charge is 0.344 e. The van der Waals surface area contributed by atoms with E-state index in [1.54, 1.807) is 31.2 Å². The SMILES string of the molecule is CCOC(=O)COc1cccc(NC(=O)c2sccc2C)c1. The number of rotatable bonds is 6. The van der Waals surface area contributed by atoms with Crippen molar-refractivity contribution >= 4 is 28.9 Å². The second kappa shape index (κ2) is 7.61. The van der Waals surface area contributed by atoms with E-state index in [1.807, 2.05) is 18.4 Å². The third-order valence-corrected chi connectivity index (χ3v) is 3.84. The zero-order valence-electron chi connectivity index (χ0n) is 12.4. The van der Waals surface area contributed by atoms with Gasteiger partial charge in [-0.05, 0) is 43.0 Å². The van der Waals surface area contributed by atoms with Gasteiger partial charge in [0.1, 0.15) is 5.75 Å². The van der Waals surface area contributed by atoms with Crippen LogP contribution in [0.2, 0.25) is 0 Å². The van der Waals surface area contributed by atoms with Gasteiger partial charge in [-0.1, -0.05) is 6.07 Å². The molecule has 0 fully saturated rings. The van der Waals surface area contributed by atoms with Crippen LogP contribution < -0.4 is 10.1 Å². The molecule has 1 heterocycles. The molecule has 0 spiro atoms. The lowest BCUT2D eigenvalue weighted by atomic mass is 10.2. The number of esters is 1. The normalized spacial score (nSPS) is 10.1. The minimum atomic E-state index is -0.425. The summed E-state index contributed by atoms with van der Waals surface area (Å²) in [6, 6.07) is 8.79. The number of thiophene rings is 1. The third-order valence-electron chi connectivity index (χ3n) is 2.82. The van der Waals surface area contributed by atoms with Gasteiger partial charge in [0.25, 0.3) is 5.91 Å². The van der Waals surface area contributed by atoms with Crippen LogP contribution in [0.15, 0.2) is 35.7 Å². The molecule has 0 aliphatic carbocycles. The van der Waals surface area contributed by atoms with Gasteiger partial charge >= 0.3 is 5.97 Å². The molecule has 0 saturated carbocycles. The lowest BCUT2D eigenvalue weighted by Gasteiger charge is -2.08. The molecule has 0 bridgehead atoms. The molecule has 0 radical (unpaired) electrons. The van der Waals surface area contributed by atoms with E-state index in [0.29, 0.717) is 22.9 Å². The number of amides is 1. The highest BCUT2D eigenvalue weighted by molar-refractivity contribution is 7.12. The van der Waals surface area contributed by atoms with Crippen LogP contribution in [0.1, 0.15) is 22.2 Å². The first-order valence-electron chi connectivity index (χ1n) is 6.84. The summed E-state index contributed by atoms with van der Waals surface area (Å²) in [5, 5.41) is 4.69. The fraction of sp³-hybridized carbons (Fsp3) is 0.250. The Morgan fingerprint density at radius 3 is 2.77 bits per heavy atom. The van der Waals surface area contributed by atoms with Gasteiger partial charge in [0.05, 0.1) is 11.5 Å². The first-order chi connectivity index (χ1) is 10.6. The summed E-state index contributed by atoms with van der Waals surface area (Å²) in [7, 11) is 0. The molecule has 2 rings (SSSR count). The average Bonchev–Trinajstić information content (AvgIpc) is 2.92. The number of hydrogen-bond donors (Lipinski definition) is 1. The average molecular weight is 319 g/mol. The minimum absolute atomic E-state index is 0.157. The molecule has 5 nitrogen and oxygen atoms in total. The van der Waals surface area contributed by atoms with Gasteiger partial charge in [-0.25, -0.2) is 4.79 Å². The fourth-order valence-corrected chi connectivity index (χ4v) is 2.62. The van der Waals surface area contributed by atoms with Crippen molar-refractivity contribution in [2.24, 2.45) is 0 Å². The molecule has 22 heavy (non-hydrogen) atoms. The number of ether oxygens (including phenoxy) is 2. The molecular weight excluding hydrogens is 302 g/mol. The van der Waals surface area contributed by atoms with Gasteiger partial charge in [-0.2, -0.15) is 0 Å². The van der Waals surface area contributed by atoms with Gasteiger partial charge in [0, 0.05) is 11.8 Å². The first-order valence-corrected chi connectivity index (χ1v) is 7.72. The molecule has 1 N–H and O–H groups in total. The van der Waals surface area contributed by atoms with Crippen molar-refractivity contribution < 1.29 is 19.1 Å². The predicted molar refractivity (Wildman–Crippen MR) is 85.6 cm³/mol. The number of nitrogens with one attached hydrogen (secondary N) is 1. The topological polar surface area (TPSA) is 64.6 Å². The molecule has 1 aromatic heterocycles. The molecular formula is C16H17NO4S. The van der Waals surface area contributed by atoms with E-state index < -0.39 is 5.97 Å². The van der Waals surface area contributed by atoms with E-state index in [-0.39, 0.29) is 12.5 Å². The standard InChI is InChI=1S/C16H17NO4S/c1-3-20-14(18)10-21-13-6-4-5-12(9-13)17-16(19)15-11(2)7-8-22-15/h4-9H,3,10H2,1-2H3,(H,17,19). The van der Waals surface area contributed by atoms with Crippen molar-refractivity contribution in [2.75, 3.05) is 18.5 Å². The molecule has 1 amide bonds. The van der Waals surface area contributed by atoms with Gasteiger partial charge < -0.3 is 14.8 Å². The quantitative estimate of drug-likeness (QED) is 0.830. The van der Waals surface area contributed by atoms with Crippen LogP contribution in [0.5, 0.6) is 5.75 Å². The maximum Gasteiger partial charge on any atom is 0.344 e. The summed E-state index contributed by atoms with van der Waals surface area (Å²) >= 11 is 1.40. The molecule has 116 valence electrons. The fourth-order valence-electron chi connectivity index (χ4n) is 1.80. The van der Waals surface area contributed by atoms with Crippen LogP contribution in [-0.4, -0.2) is 25.1 Å². The molecule has 0 atom stereocenters. The van der Waals surface area contributed by atoms with Crippen molar-refractivity contribution in [1.82, 2.24) is 0 Å². The Kier molecular flexibility index (Phi) is 5.55. The highest BCUT2D eigenvalue weighted by Crippen LogP contribution is 2.21. The van der Waals surface area contributed by atoms with Gasteiger partial charge in [0.2, 0.25) is 0 Å². The molecule has 2 aromatic rings. The summed E-state index contributed by atoms with van der Waals surface area (Å²) in [5.41, 5.74) is 1.55. The monoisotopic (exact) mass is 319 g/mol. The molecule has 0 aliphatic rings. The zero-order chi connectivity index (χ0) is 15.9. The molecule has 6 heteroatoms. The maximum absolute atomic E-state index is 12.1. The van der Waals surface area contributed by atoms with Crippen molar-refractivity contribution in [3.63, 3.8) is 0 Å². The Morgan fingerprint density at radius 2 is 2.09 bits per heavy atom. The number of hydrogen-bond acceptors (Lipinski definition) is 5. The van der Waals surface area contributed by atoms with E-state index in [1.165, 1.54) is 11.3 Å². The lowest BCUT2D eigenvalue weighted by Crippen LogP contribution is -2.15. The number of aryl methyl sites for hydroxylation is 1. The van der Waals surface area contributed by atoms with Crippen molar-refractivity contribution in [1.29, 1.82) is 0 Å². The van der Waals surface area contributed by atoms with Crippen molar-refractivity contribution in [2.45, 2.75) is 13.8 Å². The Balaban J connectivity index is 1.98. The maximum atomic E-state index is 12.1. The molecule has 0 aliphatic heterocycles. The van der Waals surface area contributed by atoms with E-state index >= 15 is 0 Å². The third kappa shape index (κ3) is 4.33. The van der Waals surface area contributed by atoms with Crippen molar-refractivity contribution in [3.8, 4) is 5.75 Å². The first kappa shape index (κ1) is 16.0. The van der Waals surface area contributed by atoms with E-state index in [0.717, 1.165) is 5.56 Å². The van der Waals surface area contributed by atoms with Gasteiger partial charge in [-0.3, -0.25) is 4.79 Å². The predicted octanol–water partition coefficient (Wildman–Crippen LogP) is 3.25. The van der Waals surface area contributed by atoms with E-state index in [9.17, 15) is 9.59 Å². The Bertz CT molecular complexity index is 666. The number of carbonyl (C=O) groups excluding carboxylic acids is 2. The van der Waals surface area contributed by atoms with Gasteiger partial charge in [0.15, 0.2) is 6.61 Å². The van der Waals surface area contributed by atoms with E-state index in [4.69, 9.17) is 9.47 Å². The highest BCUT2D eigenvalue weighted by atomic mass is 32.1. The van der Waals surface area contributed by atoms with Gasteiger partial charge in [-0.15, -0.1) is 11.3 Å². The summed E-state index contributed by atoms with van der Waals surface area (Å²) in [4.78, 5) is 24.1. The van der Waals surface area contributed by atoms with E-state index in [2.05, 4.69) is 5.32 Å². The van der Waals surface area contributed by atoms with Crippen LogP contribution in [0, 0.1) is 6.92 Å². The Hall–Kier alpha value is -2.34. The molecule has 1 aromatic carbocycles. The Labute approximate surface area is 132 Å². The minimum Gasteiger partial charge on any atom is -0.482 e. The summed E-state index contributed by atoms with van der Waals surface area (Å²) in [6.45, 7) is 3.79. The van der Waals surface area contributed by atoms with Crippen LogP contribution in [0.3, 0.4) is 0 Å². The second-order valence-electron chi connectivity index (χ2n) is 4.51. The lowest BCUT2D eigenvalue weighted by molar-refractivity contribution is -0.145. The Morgan fingerprint density at radius 1 is 1.27 bits per heavy atom. The van der Waals surface area contributed by atoms with Crippen LogP contribution >= 0.6 is 11.3 Å². The largest absolute Gasteiger partial charge is 0.482 e. The number of carbonyl (C=O) groups is 2. The summed E-state index contributed by atoms with van der Waals surface area (Å²) < 4.78 is 10.1. The summed E-state index contributed by atoms with van der Waals surface area (Å²) in [5.74, 6) is -0.0880. The zero-order valence-corrected chi connectivity index (χ0v) is 13.2. The second-order valence-corrected chi connectivity index (χ2v) is 5.42. The van der Waals surface area contributed by atoms with Crippen molar-refractivity contribution in [3.05, 3.63) is 46.2 Å². The van der Waals surface area contributed by atoms with Crippen LogP contribution in [0.25, 0.3) is 0 Å². The molecule has 0 saturated heterocycles. The van der Waals surface area contributed by atoms with Crippen LogP contribution in [-0.2, 0) is 9.53 Å². The number of benzene rings is 1. The number of anilines is 1.